The fraction of sp³-hybridized carbons (Fsp3) is 0.526. The predicted octanol–water partition coefficient (Wildman–Crippen LogP) is 2.50. The average molecular weight is 390 g/mol. The molecular formula is C19H23FN4O4. The van der Waals surface area contributed by atoms with E-state index in [1.807, 2.05) is 0 Å². The lowest BCUT2D eigenvalue weighted by Crippen LogP contribution is -2.46. The van der Waals surface area contributed by atoms with E-state index in [1.165, 1.54) is 4.90 Å². The summed E-state index contributed by atoms with van der Waals surface area (Å²) < 4.78 is 31.0. The number of urea groups is 1. The Labute approximate surface area is 162 Å². The van der Waals surface area contributed by atoms with Crippen LogP contribution in [0.5, 0.6) is 5.75 Å². The summed E-state index contributed by atoms with van der Waals surface area (Å²) in [7, 11) is 1.58. The molecule has 1 unspecified atom stereocenters. The molecule has 2 aromatic rings. The number of rotatable bonds is 4. The molecular weight excluding hydrogens is 367 g/mol. The van der Waals surface area contributed by atoms with E-state index >= 15 is 4.39 Å². The summed E-state index contributed by atoms with van der Waals surface area (Å²) in [6.45, 7) is 1.46. The van der Waals surface area contributed by atoms with Crippen molar-refractivity contribution in [1.29, 1.82) is 0 Å². The molecule has 4 rings (SSSR count). The number of benzene rings is 1. The van der Waals surface area contributed by atoms with E-state index in [0.717, 1.165) is 12.8 Å². The quantitative estimate of drug-likeness (QED) is 0.863. The number of hydrogen-bond donors (Lipinski definition) is 1. The van der Waals surface area contributed by atoms with Crippen molar-refractivity contribution in [2.45, 2.75) is 31.0 Å². The normalized spacial score (nSPS) is 23.0. The van der Waals surface area contributed by atoms with Crippen LogP contribution >= 0.6 is 0 Å². The van der Waals surface area contributed by atoms with E-state index in [0.29, 0.717) is 36.9 Å². The van der Waals surface area contributed by atoms with Crippen molar-refractivity contribution in [1.82, 2.24) is 20.4 Å². The monoisotopic (exact) mass is 390 g/mol. The SMILES string of the molecule is COc1ccc(-c2noc(C3(F)CCN(C(=O)NC4CCOCC4)C3)n2)cc1. The zero-order valence-corrected chi connectivity index (χ0v) is 15.7. The number of carbonyl (C=O) groups excluding carboxylic acids is 1. The highest BCUT2D eigenvalue weighted by Crippen LogP contribution is 2.36. The first-order valence-electron chi connectivity index (χ1n) is 9.38. The number of ether oxygens (including phenoxy) is 2. The fourth-order valence-corrected chi connectivity index (χ4v) is 3.49. The summed E-state index contributed by atoms with van der Waals surface area (Å²) in [5.41, 5.74) is -1.14. The maximum absolute atomic E-state index is 15.4. The Hall–Kier alpha value is -2.68. The van der Waals surface area contributed by atoms with Crippen LogP contribution in [0.4, 0.5) is 9.18 Å². The van der Waals surface area contributed by atoms with Gasteiger partial charge in [0.1, 0.15) is 5.75 Å². The molecule has 1 atom stereocenters. The number of methoxy groups -OCH3 is 1. The van der Waals surface area contributed by atoms with Gasteiger partial charge in [-0.2, -0.15) is 4.98 Å². The van der Waals surface area contributed by atoms with E-state index in [-0.39, 0.29) is 30.9 Å². The molecule has 2 aliphatic heterocycles. The zero-order valence-electron chi connectivity index (χ0n) is 15.7. The first-order chi connectivity index (χ1) is 13.6. The minimum absolute atomic E-state index is 0.0703. The van der Waals surface area contributed by atoms with Crippen LogP contribution in [-0.4, -0.2) is 60.5 Å². The van der Waals surface area contributed by atoms with Crippen molar-refractivity contribution in [3.8, 4) is 17.1 Å². The Morgan fingerprint density at radius 3 is 2.79 bits per heavy atom. The molecule has 3 heterocycles. The first kappa shape index (κ1) is 18.7. The van der Waals surface area contributed by atoms with E-state index in [9.17, 15) is 4.79 Å². The topological polar surface area (TPSA) is 89.7 Å². The van der Waals surface area contributed by atoms with E-state index in [2.05, 4.69) is 15.5 Å². The zero-order chi connectivity index (χ0) is 19.6. The second-order valence-corrected chi connectivity index (χ2v) is 7.12. The first-order valence-corrected chi connectivity index (χ1v) is 9.38. The molecule has 1 N–H and O–H groups in total. The Morgan fingerprint density at radius 2 is 2.07 bits per heavy atom. The number of alkyl halides is 1. The highest BCUT2D eigenvalue weighted by atomic mass is 19.1. The van der Waals surface area contributed by atoms with Gasteiger partial charge in [0, 0.05) is 37.8 Å². The Balaban J connectivity index is 1.41. The van der Waals surface area contributed by atoms with Gasteiger partial charge in [-0.05, 0) is 37.1 Å². The third-order valence-corrected chi connectivity index (χ3v) is 5.21. The fourth-order valence-electron chi connectivity index (χ4n) is 3.49. The maximum atomic E-state index is 15.4. The second kappa shape index (κ2) is 7.75. The van der Waals surface area contributed by atoms with Gasteiger partial charge in [-0.15, -0.1) is 0 Å². The van der Waals surface area contributed by atoms with Gasteiger partial charge in [0.15, 0.2) is 0 Å². The van der Waals surface area contributed by atoms with Gasteiger partial charge in [-0.3, -0.25) is 0 Å². The smallest absolute Gasteiger partial charge is 0.317 e. The van der Waals surface area contributed by atoms with Gasteiger partial charge < -0.3 is 24.2 Å². The van der Waals surface area contributed by atoms with Crippen LogP contribution in [0, 0.1) is 0 Å². The standard InChI is InChI=1S/C19H23FN4O4/c1-26-15-4-2-13(3-5-15)16-22-17(28-23-16)19(20)8-9-24(12-19)18(25)21-14-6-10-27-11-7-14/h2-5,14H,6-12H2,1H3,(H,21,25). The largest absolute Gasteiger partial charge is 0.497 e. The van der Waals surface area contributed by atoms with Gasteiger partial charge in [-0.25, -0.2) is 9.18 Å². The van der Waals surface area contributed by atoms with Crippen molar-refractivity contribution in [3.05, 3.63) is 30.2 Å². The second-order valence-electron chi connectivity index (χ2n) is 7.12. The van der Waals surface area contributed by atoms with Gasteiger partial charge >= 0.3 is 6.03 Å². The molecule has 1 aromatic carbocycles. The molecule has 0 spiro atoms. The molecule has 0 bridgehead atoms. The highest BCUT2D eigenvalue weighted by molar-refractivity contribution is 5.75. The highest BCUT2D eigenvalue weighted by Gasteiger charge is 2.46. The minimum atomic E-state index is -1.84. The summed E-state index contributed by atoms with van der Waals surface area (Å²) >= 11 is 0. The molecule has 8 nitrogen and oxygen atoms in total. The molecule has 0 radical (unpaired) electrons. The van der Waals surface area contributed by atoms with E-state index in [1.54, 1.807) is 31.4 Å². The summed E-state index contributed by atoms with van der Waals surface area (Å²) in [4.78, 5) is 18.1. The van der Waals surface area contributed by atoms with Crippen LogP contribution in [-0.2, 0) is 10.4 Å². The maximum Gasteiger partial charge on any atom is 0.317 e. The van der Waals surface area contributed by atoms with Crippen molar-refractivity contribution in [3.63, 3.8) is 0 Å². The van der Waals surface area contributed by atoms with E-state index in [4.69, 9.17) is 14.0 Å². The number of likely N-dealkylation sites (tertiary alicyclic amines) is 1. The molecule has 0 saturated carbocycles. The van der Waals surface area contributed by atoms with Crippen molar-refractivity contribution < 1.29 is 23.2 Å². The third-order valence-electron chi connectivity index (χ3n) is 5.21. The predicted molar refractivity (Wildman–Crippen MR) is 97.6 cm³/mol. The summed E-state index contributed by atoms with van der Waals surface area (Å²) in [6, 6.07) is 6.91. The lowest BCUT2D eigenvalue weighted by atomic mass is 10.1. The van der Waals surface area contributed by atoms with Gasteiger partial charge in [-0.1, -0.05) is 5.16 Å². The summed E-state index contributed by atoms with van der Waals surface area (Å²) in [5, 5.41) is 6.85. The molecule has 0 aliphatic carbocycles. The average Bonchev–Trinajstić information content (AvgIpc) is 3.37. The molecule has 1 aromatic heterocycles. The van der Waals surface area contributed by atoms with Crippen LogP contribution < -0.4 is 10.1 Å². The molecule has 9 heteroatoms. The minimum Gasteiger partial charge on any atom is -0.497 e. The Morgan fingerprint density at radius 1 is 1.32 bits per heavy atom. The van der Waals surface area contributed by atoms with Crippen molar-refractivity contribution in [2.75, 3.05) is 33.4 Å². The lowest BCUT2D eigenvalue weighted by Gasteiger charge is -2.26. The lowest BCUT2D eigenvalue weighted by molar-refractivity contribution is 0.0774. The van der Waals surface area contributed by atoms with Crippen LogP contribution in [0.2, 0.25) is 0 Å². The molecule has 2 aliphatic rings. The summed E-state index contributed by atoms with van der Waals surface area (Å²) in [5.74, 6) is 0.913. The number of nitrogens with zero attached hydrogens (tertiary/aromatic N) is 3. The number of nitrogens with one attached hydrogen (secondary N) is 1. The van der Waals surface area contributed by atoms with Crippen molar-refractivity contribution in [2.24, 2.45) is 0 Å². The van der Waals surface area contributed by atoms with Crippen molar-refractivity contribution >= 4 is 6.03 Å². The van der Waals surface area contributed by atoms with Crippen LogP contribution in [0.15, 0.2) is 28.8 Å². The number of halogens is 1. The van der Waals surface area contributed by atoms with Crippen LogP contribution in [0.1, 0.15) is 25.2 Å². The number of aromatic nitrogens is 2. The molecule has 2 amide bonds. The van der Waals surface area contributed by atoms with Gasteiger partial charge in [0.2, 0.25) is 11.5 Å². The molecule has 2 saturated heterocycles. The number of carbonyl (C=O) groups is 1. The van der Waals surface area contributed by atoms with E-state index < -0.39 is 5.67 Å². The number of hydrogen-bond acceptors (Lipinski definition) is 6. The summed E-state index contributed by atoms with van der Waals surface area (Å²) in [6.07, 6.45) is 1.67. The Kier molecular flexibility index (Phi) is 5.17. The third kappa shape index (κ3) is 3.80. The Bertz CT molecular complexity index is 822. The van der Waals surface area contributed by atoms with Gasteiger partial charge in [0.05, 0.1) is 13.7 Å². The molecule has 150 valence electrons. The van der Waals surface area contributed by atoms with Gasteiger partial charge in [0.25, 0.3) is 5.89 Å². The molecule has 28 heavy (non-hydrogen) atoms. The van der Waals surface area contributed by atoms with Crippen LogP contribution in [0.3, 0.4) is 0 Å². The van der Waals surface area contributed by atoms with Crippen LogP contribution in [0.25, 0.3) is 11.4 Å². The molecule has 2 fully saturated rings. The number of amides is 2.